The van der Waals surface area contributed by atoms with Crippen LogP contribution in [-0.4, -0.2) is 37.0 Å². The maximum Gasteiger partial charge on any atom is 0.244 e. The first-order valence-corrected chi connectivity index (χ1v) is 8.55. The Kier molecular flexibility index (Phi) is 4.89. The molecule has 1 aliphatic rings. The van der Waals surface area contributed by atoms with Gasteiger partial charge in [-0.15, -0.1) is 0 Å². The van der Waals surface area contributed by atoms with Crippen LogP contribution in [0.5, 0.6) is 0 Å². The first-order chi connectivity index (χ1) is 9.87. The topological polar surface area (TPSA) is 81.4 Å². The number of nitrogens with zero attached hydrogens (tertiary/aromatic N) is 2. The smallest absolute Gasteiger partial charge is 0.244 e. The van der Waals surface area contributed by atoms with Gasteiger partial charge in [0.25, 0.3) is 0 Å². The second-order valence-corrected chi connectivity index (χ2v) is 7.60. The van der Waals surface area contributed by atoms with Crippen LogP contribution in [0.25, 0.3) is 0 Å². The van der Waals surface area contributed by atoms with E-state index in [2.05, 4.69) is 0 Å². The molecule has 1 fully saturated rings. The lowest BCUT2D eigenvalue weighted by molar-refractivity contribution is 0.0638. The highest BCUT2D eigenvalue weighted by Crippen LogP contribution is 2.29. The summed E-state index contributed by atoms with van der Waals surface area (Å²) in [5.41, 5.74) is 0.0524. The Labute approximate surface area is 129 Å². The second kappa shape index (κ2) is 6.32. The number of aliphatic hydroxyl groups is 1. The summed E-state index contributed by atoms with van der Waals surface area (Å²) >= 11 is 5.86. The Morgan fingerprint density at radius 3 is 2.67 bits per heavy atom. The summed E-state index contributed by atoms with van der Waals surface area (Å²) in [5.74, 6) is 0. The van der Waals surface area contributed by atoms with Crippen LogP contribution in [0.4, 0.5) is 0 Å². The van der Waals surface area contributed by atoms with Gasteiger partial charge in [-0.2, -0.15) is 9.57 Å². The summed E-state index contributed by atoms with van der Waals surface area (Å²) < 4.78 is 26.6. The SMILES string of the molecule is CN(C1CCCCC1O)S(=O)(=O)c1cc(Cl)ccc1C#N. The van der Waals surface area contributed by atoms with Crippen molar-refractivity contribution in [2.45, 2.75) is 42.7 Å². The van der Waals surface area contributed by atoms with E-state index >= 15 is 0 Å². The zero-order valence-corrected chi connectivity index (χ0v) is 13.2. The fourth-order valence-corrected chi connectivity index (χ4v) is 4.47. The number of aliphatic hydroxyl groups excluding tert-OH is 1. The van der Waals surface area contributed by atoms with Gasteiger partial charge in [0.1, 0.15) is 11.0 Å². The molecule has 2 unspecified atom stereocenters. The molecule has 0 amide bonds. The molecular weight excluding hydrogens is 312 g/mol. The van der Waals surface area contributed by atoms with Crippen LogP contribution in [0.15, 0.2) is 23.1 Å². The van der Waals surface area contributed by atoms with E-state index in [1.165, 1.54) is 29.6 Å². The minimum atomic E-state index is -3.87. The predicted octanol–water partition coefficient (Wildman–Crippen LogP) is 2.14. The van der Waals surface area contributed by atoms with Crippen molar-refractivity contribution < 1.29 is 13.5 Å². The van der Waals surface area contributed by atoms with Crippen LogP contribution in [0.1, 0.15) is 31.2 Å². The minimum Gasteiger partial charge on any atom is -0.391 e. The number of sulfonamides is 1. The van der Waals surface area contributed by atoms with E-state index in [9.17, 15) is 13.5 Å². The molecule has 5 nitrogen and oxygen atoms in total. The number of likely N-dealkylation sites (N-methyl/N-ethyl adjacent to an activating group) is 1. The molecule has 0 radical (unpaired) electrons. The fraction of sp³-hybridized carbons (Fsp3) is 0.500. The quantitative estimate of drug-likeness (QED) is 0.921. The summed E-state index contributed by atoms with van der Waals surface area (Å²) in [6.07, 6.45) is 2.29. The maximum absolute atomic E-state index is 12.7. The van der Waals surface area contributed by atoms with Crippen molar-refractivity contribution in [2.24, 2.45) is 0 Å². The standard InChI is InChI=1S/C14H17ClN2O3S/c1-17(12-4-2-3-5-13(12)18)21(19,20)14-8-11(15)7-6-10(14)9-16/h6-8,12-13,18H,2-5H2,1H3. The molecule has 0 aliphatic heterocycles. The monoisotopic (exact) mass is 328 g/mol. The van der Waals surface area contributed by atoms with E-state index in [1.54, 1.807) is 0 Å². The lowest BCUT2D eigenvalue weighted by Crippen LogP contribution is -2.46. The minimum absolute atomic E-state index is 0.0524. The third-order valence-electron chi connectivity index (χ3n) is 3.88. The Hall–Kier alpha value is -1.13. The first-order valence-electron chi connectivity index (χ1n) is 6.73. The summed E-state index contributed by atoms with van der Waals surface area (Å²) in [4.78, 5) is -0.113. The average molecular weight is 329 g/mol. The van der Waals surface area contributed by atoms with Crippen molar-refractivity contribution in [2.75, 3.05) is 7.05 Å². The van der Waals surface area contributed by atoms with E-state index in [1.807, 2.05) is 6.07 Å². The number of halogens is 1. The third kappa shape index (κ3) is 3.22. The Morgan fingerprint density at radius 2 is 2.05 bits per heavy atom. The number of rotatable bonds is 3. The molecule has 1 N–H and O–H groups in total. The molecule has 1 aromatic rings. The lowest BCUT2D eigenvalue weighted by atomic mass is 9.93. The lowest BCUT2D eigenvalue weighted by Gasteiger charge is -2.34. The van der Waals surface area contributed by atoms with Gasteiger partial charge in [-0.3, -0.25) is 0 Å². The third-order valence-corrected chi connectivity index (χ3v) is 6.04. The highest BCUT2D eigenvalue weighted by molar-refractivity contribution is 7.89. The summed E-state index contributed by atoms with van der Waals surface area (Å²) in [7, 11) is -2.43. The maximum atomic E-state index is 12.7. The van der Waals surface area contributed by atoms with E-state index in [0.29, 0.717) is 12.8 Å². The average Bonchev–Trinajstić information content (AvgIpc) is 2.47. The van der Waals surface area contributed by atoms with Gasteiger partial charge >= 0.3 is 0 Å². The molecule has 1 aromatic carbocycles. The second-order valence-electron chi connectivity index (χ2n) is 5.19. The summed E-state index contributed by atoms with van der Waals surface area (Å²) in [6, 6.07) is 5.56. The van der Waals surface area contributed by atoms with E-state index in [4.69, 9.17) is 16.9 Å². The van der Waals surface area contributed by atoms with Crippen LogP contribution in [0.3, 0.4) is 0 Å². The van der Waals surface area contributed by atoms with Crippen molar-refractivity contribution in [1.82, 2.24) is 4.31 Å². The van der Waals surface area contributed by atoms with E-state index < -0.39 is 22.2 Å². The van der Waals surface area contributed by atoms with E-state index in [-0.39, 0.29) is 15.5 Å². The zero-order chi connectivity index (χ0) is 15.6. The van der Waals surface area contributed by atoms with Crippen molar-refractivity contribution in [3.05, 3.63) is 28.8 Å². The molecule has 1 saturated carbocycles. The molecular formula is C14H17ClN2O3S. The van der Waals surface area contributed by atoms with Gasteiger partial charge in [-0.05, 0) is 31.0 Å². The van der Waals surface area contributed by atoms with Crippen molar-refractivity contribution in [3.63, 3.8) is 0 Å². The molecule has 0 bridgehead atoms. The molecule has 21 heavy (non-hydrogen) atoms. The summed E-state index contributed by atoms with van der Waals surface area (Å²) in [5, 5.41) is 19.4. The first kappa shape index (κ1) is 16.2. The highest BCUT2D eigenvalue weighted by atomic mass is 35.5. The molecule has 0 aromatic heterocycles. The Balaban J connectivity index is 2.42. The van der Waals surface area contributed by atoms with E-state index in [0.717, 1.165) is 12.8 Å². The predicted molar refractivity (Wildman–Crippen MR) is 79.4 cm³/mol. The molecule has 0 spiro atoms. The van der Waals surface area contributed by atoms with Crippen LogP contribution in [0.2, 0.25) is 5.02 Å². The fourth-order valence-electron chi connectivity index (χ4n) is 2.65. The van der Waals surface area contributed by atoms with Gasteiger partial charge in [-0.25, -0.2) is 8.42 Å². The molecule has 114 valence electrons. The molecule has 7 heteroatoms. The van der Waals surface area contributed by atoms with Gasteiger partial charge in [0.15, 0.2) is 0 Å². The van der Waals surface area contributed by atoms with Gasteiger partial charge in [-0.1, -0.05) is 24.4 Å². The molecule has 0 heterocycles. The van der Waals surface area contributed by atoms with Gasteiger partial charge in [0, 0.05) is 12.1 Å². The molecule has 2 atom stereocenters. The normalized spacial score (nSPS) is 23.0. The van der Waals surface area contributed by atoms with Crippen LogP contribution >= 0.6 is 11.6 Å². The molecule has 2 rings (SSSR count). The highest BCUT2D eigenvalue weighted by Gasteiger charge is 2.35. The van der Waals surface area contributed by atoms with Crippen molar-refractivity contribution in [3.8, 4) is 6.07 Å². The Bertz CT molecular complexity index is 669. The number of hydrogen-bond acceptors (Lipinski definition) is 4. The van der Waals surface area contributed by atoms with Gasteiger partial charge in [0.2, 0.25) is 10.0 Å². The Morgan fingerprint density at radius 1 is 1.38 bits per heavy atom. The van der Waals surface area contributed by atoms with Crippen LogP contribution < -0.4 is 0 Å². The van der Waals surface area contributed by atoms with Crippen LogP contribution in [0, 0.1) is 11.3 Å². The number of nitriles is 1. The summed E-state index contributed by atoms with van der Waals surface area (Å²) in [6.45, 7) is 0. The number of benzene rings is 1. The van der Waals surface area contributed by atoms with Gasteiger partial charge in [0.05, 0.1) is 17.7 Å². The molecule has 1 aliphatic carbocycles. The number of hydrogen-bond donors (Lipinski definition) is 1. The van der Waals surface area contributed by atoms with Crippen LogP contribution in [-0.2, 0) is 10.0 Å². The van der Waals surface area contributed by atoms with Crippen molar-refractivity contribution >= 4 is 21.6 Å². The largest absolute Gasteiger partial charge is 0.391 e. The zero-order valence-electron chi connectivity index (χ0n) is 11.7. The molecule has 0 saturated heterocycles. The van der Waals surface area contributed by atoms with Gasteiger partial charge < -0.3 is 5.11 Å². The van der Waals surface area contributed by atoms with Crippen molar-refractivity contribution in [1.29, 1.82) is 5.26 Å².